The lowest BCUT2D eigenvalue weighted by Crippen LogP contribution is -2.63. The number of aromatic nitrogens is 1. The number of carbonyl (C=O) groups is 2. The molecule has 1 aromatic heterocycles. The molecule has 2 saturated heterocycles. The van der Waals surface area contributed by atoms with E-state index in [4.69, 9.17) is 9.26 Å². The molecular formula is C23H29N3O5. The minimum atomic E-state index is -1.11. The van der Waals surface area contributed by atoms with Crippen LogP contribution in [0.5, 0.6) is 0 Å². The Labute approximate surface area is 181 Å². The van der Waals surface area contributed by atoms with E-state index in [0.29, 0.717) is 38.1 Å². The first kappa shape index (κ1) is 21.5. The van der Waals surface area contributed by atoms with Gasteiger partial charge in [0.25, 0.3) is 5.91 Å². The van der Waals surface area contributed by atoms with Crippen LogP contribution in [0.2, 0.25) is 0 Å². The summed E-state index contributed by atoms with van der Waals surface area (Å²) in [7, 11) is 0. The van der Waals surface area contributed by atoms with E-state index in [1.165, 1.54) is 6.92 Å². The molecule has 2 aromatic rings. The number of amides is 2. The number of nitrogens with zero attached hydrogens (tertiary/aromatic N) is 2. The maximum atomic E-state index is 12.9. The Morgan fingerprint density at radius 1 is 1.23 bits per heavy atom. The van der Waals surface area contributed by atoms with E-state index in [1.54, 1.807) is 17.9 Å². The molecule has 2 aliphatic rings. The maximum absolute atomic E-state index is 12.9. The molecule has 2 aliphatic heterocycles. The van der Waals surface area contributed by atoms with Gasteiger partial charge in [-0.05, 0) is 33.1 Å². The van der Waals surface area contributed by atoms with Gasteiger partial charge in [0.1, 0.15) is 5.60 Å². The zero-order chi connectivity index (χ0) is 22.2. The predicted octanol–water partition coefficient (Wildman–Crippen LogP) is 2.30. The Morgan fingerprint density at radius 2 is 1.90 bits per heavy atom. The smallest absolute Gasteiger partial charge is 0.276 e. The third-order valence-electron chi connectivity index (χ3n) is 6.40. The molecular weight excluding hydrogens is 398 g/mol. The van der Waals surface area contributed by atoms with Crippen molar-refractivity contribution in [3.8, 4) is 11.3 Å². The molecule has 2 atom stereocenters. The van der Waals surface area contributed by atoms with Crippen molar-refractivity contribution >= 4 is 11.8 Å². The number of carbonyl (C=O) groups excluding carboxylic acids is 2. The number of piperidine rings is 1. The lowest BCUT2D eigenvalue weighted by atomic mass is 9.77. The molecule has 0 saturated carbocycles. The Kier molecular flexibility index (Phi) is 5.61. The number of nitrogens with one attached hydrogen (secondary N) is 1. The number of hydrogen-bond acceptors (Lipinski definition) is 6. The van der Waals surface area contributed by atoms with Gasteiger partial charge in [-0.15, -0.1) is 0 Å². The monoisotopic (exact) mass is 427 g/mol. The second kappa shape index (κ2) is 8.09. The van der Waals surface area contributed by atoms with E-state index < -0.39 is 11.2 Å². The molecule has 2 fully saturated rings. The fourth-order valence-electron chi connectivity index (χ4n) is 4.36. The topological polar surface area (TPSA) is 105 Å². The summed E-state index contributed by atoms with van der Waals surface area (Å²) in [5.41, 5.74) is 0.741. The van der Waals surface area contributed by atoms with E-state index in [2.05, 4.69) is 10.5 Å². The van der Waals surface area contributed by atoms with Crippen LogP contribution in [0.3, 0.4) is 0 Å². The lowest BCUT2D eigenvalue weighted by molar-refractivity contribution is -0.191. The summed E-state index contributed by atoms with van der Waals surface area (Å²) in [5, 5.41) is 17.4. The van der Waals surface area contributed by atoms with Crippen LogP contribution in [0.4, 0.5) is 0 Å². The van der Waals surface area contributed by atoms with Gasteiger partial charge in [0, 0.05) is 31.6 Å². The van der Waals surface area contributed by atoms with Crippen molar-refractivity contribution in [1.82, 2.24) is 15.4 Å². The summed E-state index contributed by atoms with van der Waals surface area (Å²) in [4.78, 5) is 26.3. The largest absolute Gasteiger partial charge is 0.386 e. The van der Waals surface area contributed by atoms with Crippen molar-refractivity contribution in [2.45, 2.75) is 57.3 Å². The molecule has 0 radical (unpaired) electrons. The Balaban J connectivity index is 1.40. The van der Waals surface area contributed by atoms with Crippen LogP contribution in [0.25, 0.3) is 11.3 Å². The number of ether oxygens (including phenoxy) is 1. The molecule has 166 valence electrons. The van der Waals surface area contributed by atoms with Crippen molar-refractivity contribution in [2.75, 3.05) is 19.7 Å². The van der Waals surface area contributed by atoms with Crippen molar-refractivity contribution < 1.29 is 24.0 Å². The standard InChI is InChI=1S/C23H29N3O5/c1-15-4-6-17(7-5-15)19-12-18(25-31-19)21(28)26-10-8-23(9-11-26)13-20(24-16(2)27)22(3,29)14-30-23/h4-7,12,20,29H,8-11,13-14H2,1-3H3,(H,24,27)/t20-,22-/m0/s1. The average Bonchev–Trinajstić information content (AvgIpc) is 3.22. The molecule has 4 rings (SSSR count). The molecule has 8 heteroatoms. The summed E-state index contributed by atoms with van der Waals surface area (Å²) in [6.07, 6.45) is 1.78. The van der Waals surface area contributed by atoms with Crippen LogP contribution in [0, 0.1) is 6.92 Å². The molecule has 8 nitrogen and oxygen atoms in total. The predicted molar refractivity (Wildman–Crippen MR) is 113 cm³/mol. The minimum Gasteiger partial charge on any atom is -0.386 e. The van der Waals surface area contributed by atoms with Gasteiger partial charge in [-0.2, -0.15) is 0 Å². The van der Waals surface area contributed by atoms with Gasteiger partial charge in [-0.1, -0.05) is 35.0 Å². The number of benzene rings is 1. The zero-order valence-corrected chi connectivity index (χ0v) is 18.2. The molecule has 2 amide bonds. The van der Waals surface area contributed by atoms with E-state index in [1.807, 2.05) is 31.2 Å². The van der Waals surface area contributed by atoms with Crippen LogP contribution in [-0.4, -0.2) is 63.9 Å². The summed E-state index contributed by atoms with van der Waals surface area (Å²) in [6.45, 7) is 6.31. The van der Waals surface area contributed by atoms with Crippen LogP contribution in [0.1, 0.15) is 49.2 Å². The summed E-state index contributed by atoms with van der Waals surface area (Å²) >= 11 is 0. The van der Waals surface area contributed by atoms with Crippen LogP contribution in [-0.2, 0) is 9.53 Å². The van der Waals surface area contributed by atoms with Crippen molar-refractivity contribution in [3.63, 3.8) is 0 Å². The van der Waals surface area contributed by atoms with Crippen molar-refractivity contribution in [2.24, 2.45) is 0 Å². The van der Waals surface area contributed by atoms with Crippen LogP contribution >= 0.6 is 0 Å². The van der Waals surface area contributed by atoms with E-state index in [0.717, 1.165) is 11.1 Å². The third kappa shape index (κ3) is 4.50. The van der Waals surface area contributed by atoms with Gasteiger partial charge >= 0.3 is 0 Å². The molecule has 2 N–H and O–H groups in total. The van der Waals surface area contributed by atoms with E-state index in [9.17, 15) is 14.7 Å². The lowest BCUT2D eigenvalue weighted by Gasteiger charge is -2.50. The summed E-state index contributed by atoms with van der Waals surface area (Å²) in [5.74, 6) is 0.219. The highest BCUT2D eigenvalue weighted by Crippen LogP contribution is 2.38. The molecule has 31 heavy (non-hydrogen) atoms. The van der Waals surface area contributed by atoms with Crippen LogP contribution in [0.15, 0.2) is 34.9 Å². The first-order chi connectivity index (χ1) is 14.7. The second-order valence-corrected chi connectivity index (χ2v) is 9.02. The highest BCUT2D eigenvalue weighted by Gasteiger charge is 2.49. The van der Waals surface area contributed by atoms with Gasteiger partial charge < -0.3 is 24.6 Å². The highest BCUT2D eigenvalue weighted by atomic mass is 16.5. The Bertz CT molecular complexity index is 958. The number of likely N-dealkylation sites (tertiary alicyclic amines) is 1. The SMILES string of the molecule is CC(=O)N[C@H]1CC2(CCN(C(=O)c3cc(-c4ccc(C)cc4)on3)CC2)OC[C@]1(C)O. The van der Waals surface area contributed by atoms with Gasteiger partial charge in [0.05, 0.1) is 18.2 Å². The quantitative estimate of drug-likeness (QED) is 0.779. The second-order valence-electron chi connectivity index (χ2n) is 9.02. The normalized spacial score (nSPS) is 25.4. The van der Waals surface area contributed by atoms with Crippen LogP contribution < -0.4 is 5.32 Å². The molecule has 3 heterocycles. The Hall–Kier alpha value is -2.71. The molecule has 1 aromatic carbocycles. The van der Waals surface area contributed by atoms with Gasteiger partial charge in [0.2, 0.25) is 5.91 Å². The average molecular weight is 428 g/mol. The number of hydrogen-bond donors (Lipinski definition) is 2. The van der Waals surface area contributed by atoms with Crippen molar-refractivity contribution in [3.05, 3.63) is 41.6 Å². The van der Waals surface area contributed by atoms with Gasteiger partial charge in [-0.25, -0.2) is 0 Å². The van der Waals surface area contributed by atoms with Gasteiger partial charge in [-0.3, -0.25) is 9.59 Å². The van der Waals surface area contributed by atoms with Gasteiger partial charge in [0.15, 0.2) is 11.5 Å². The molecule has 1 spiro atoms. The zero-order valence-electron chi connectivity index (χ0n) is 18.2. The van der Waals surface area contributed by atoms with E-state index in [-0.39, 0.29) is 30.2 Å². The number of aryl methyl sites for hydroxylation is 1. The molecule has 0 aliphatic carbocycles. The third-order valence-corrected chi connectivity index (χ3v) is 6.40. The highest BCUT2D eigenvalue weighted by molar-refractivity contribution is 5.93. The summed E-state index contributed by atoms with van der Waals surface area (Å²) < 4.78 is 11.5. The molecule has 0 bridgehead atoms. The first-order valence-corrected chi connectivity index (χ1v) is 10.6. The minimum absolute atomic E-state index is 0.148. The van der Waals surface area contributed by atoms with E-state index >= 15 is 0 Å². The fraction of sp³-hybridized carbons (Fsp3) is 0.522. The number of aliphatic hydroxyl groups is 1. The maximum Gasteiger partial charge on any atom is 0.276 e. The Morgan fingerprint density at radius 3 is 2.55 bits per heavy atom. The van der Waals surface area contributed by atoms with Crippen molar-refractivity contribution in [1.29, 1.82) is 0 Å². The molecule has 0 unspecified atom stereocenters. The number of rotatable bonds is 3. The first-order valence-electron chi connectivity index (χ1n) is 10.6. The fourth-order valence-corrected chi connectivity index (χ4v) is 4.36. The summed E-state index contributed by atoms with van der Waals surface area (Å²) in [6, 6.07) is 9.15.